The minimum atomic E-state index is -0.151. The van der Waals surface area contributed by atoms with Crippen LogP contribution in [0, 0.1) is 13.8 Å². The molecule has 0 unspecified atom stereocenters. The molecular weight excluding hydrogens is 346 g/mol. The molecule has 0 aliphatic carbocycles. The predicted molar refractivity (Wildman–Crippen MR) is 111 cm³/mol. The Morgan fingerprint density at radius 1 is 1.12 bits per heavy atom. The van der Waals surface area contributed by atoms with Crippen molar-refractivity contribution < 1.29 is 9.53 Å². The quantitative estimate of drug-likeness (QED) is 0.753. The van der Waals surface area contributed by atoms with Gasteiger partial charge in [-0.05, 0) is 62.3 Å². The fourth-order valence-electron chi connectivity index (χ4n) is 2.50. The third kappa shape index (κ3) is 5.20. The van der Waals surface area contributed by atoms with Gasteiger partial charge in [0, 0.05) is 12.2 Å². The average molecular weight is 372 g/mol. The fourth-order valence-corrected chi connectivity index (χ4v) is 2.81. The lowest BCUT2D eigenvalue weighted by Gasteiger charge is -2.24. The van der Waals surface area contributed by atoms with Gasteiger partial charge in [0.15, 0.2) is 5.11 Å². The molecular formula is C20H25N3O2S. The van der Waals surface area contributed by atoms with E-state index < -0.39 is 0 Å². The van der Waals surface area contributed by atoms with Gasteiger partial charge in [0.25, 0.3) is 0 Å². The Bertz CT molecular complexity index is 792. The molecule has 0 atom stereocenters. The summed E-state index contributed by atoms with van der Waals surface area (Å²) in [4.78, 5) is 14.3. The number of carbonyl (C=O) groups is 1. The van der Waals surface area contributed by atoms with Gasteiger partial charge in [0.1, 0.15) is 5.75 Å². The van der Waals surface area contributed by atoms with Crippen molar-refractivity contribution in [3.8, 4) is 5.75 Å². The standard InChI is InChI=1S/C20H25N3O2S/c1-5-23(20(26)22-17-12-14(2)10-11-15(17)3)13-19(24)21-16-8-6-7-9-18(16)25-4/h6-12H,5,13H2,1-4H3,(H,21,24)(H,22,26). The Morgan fingerprint density at radius 2 is 1.85 bits per heavy atom. The van der Waals surface area contributed by atoms with Crippen molar-refractivity contribution in [2.75, 3.05) is 30.8 Å². The maximum Gasteiger partial charge on any atom is 0.244 e. The van der Waals surface area contributed by atoms with Crippen LogP contribution in [0.1, 0.15) is 18.1 Å². The summed E-state index contributed by atoms with van der Waals surface area (Å²) in [5, 5.41) is 6.64. The Balaban J connectivity index is 2.02. The lowest BCUT2D eigenvalue weighted by molar-refractivity contribution is -0.116. The van der Waals surface area contributed by atoms with Gasteiger partial charge in [-0.15, -0.1) is 0 Å². The number of para-hydroxylation sites is 2. The average Bonchev–Trinajstić information content (AvgIpc) is 2.63. The van der Waals surface area contributed by atoms with E-state index in [1.165, 1.54) is 0 Å². The topological polar surface area (TPSA) is 53.6 Å². The van der Waals surface area contributed by atoms with Crippen molar-refractivity contribution in [3.05, 3.63) is 53.6 Å². The highest BCUT2D eigenvalue weighted by Gasteiger charge is 2.15. The number of hydrogen-bond acceptors (Lipinski definition) is 3. The number of anilines is 2. The molecule has 138 valence electrons. The van der Waals surface area contributed by atoms with Crippen LogP contribution < -0.4 is 15.4 Å². The first-order chi connectivity index (χ1) is 12.4. The third-order valence-corrected chi connectivity index (χ3v) is 4.38. The molecule has 0 aliphatic heterocycles. The maximum absolute atomic E-state index is 12.4. The number of nitrogens with zero attached hydrogens (tertiary/aromatic N) is 1. The molecule has 2 aromatic rings. The van der Waals surface area contributed by atoms with E-state index in [9.17, 15) is 4.79 Å². The van der Waals surface area contributed by atoms with Crippen LogP contribution in [-0.4, -0.2) is 36.1 Å². The summed E-state index contributed by atoms with van der Waals surface area (Å²) in [6.45, 7) is 6.80. The maximum atomic E-state index is 12.4. The van der Waals surface area contributed by atoms with Crippen LogP contribution in [0.5, 0.6) is 5.75 Å². The number of likely N-dealkylation sites (N-methyl/N-ethyl adjacent to an activating group) is 1. The summed E-state index contributed by atoms with van der Waals surface area (Å²) in [7, 11) is 1.58. The smallest absolute Gasteiger partial charge is 0.244 e. The summed E-state index contributed by atoms with van der Waals surface area (Å²) < 4.78 is 5.26. The number of aryl methyl sites for hydroxylation is 2. The van der Waals surface area contributed by atoms with E-state index in [2.05, 4.69) is 16.7 Å². The van der Waals surface area contributed by atoms with Crippen LogP contribution in [0.2, 0.25) is 0 Å². The van der Waals surface area contributed by atoms with Crippen molar-refractivity contribution in [2.45, 2.75) is 20.8 Å². The number of nitrogens with one attached hydrogen (secondary N) is 2. The van der Waals surface area contributed by atoms with E-state index in [1.807, 2.05) is 49.9 Å². The Labute approximate surface area is 160 Å². The van der Waals surface area contributed by atoms with Gasteiger partial charge in [-0.3, -0.25) is 4.79 Å². The first-order valence-electron chi connectivity index (χ1n) is 8.50. The second-order valence-electron chi connectivity index (χ2n) is 6.01. The highest BCUT2D eigenvalue weighted by Crippen LogP contribution is 2.23. The zero-order valence-electron chi connectivity index (χ0n) is 15.6. The van der Waals surface area contributed by atoms with Gasteiger partial charge >= 0.3 is 0 Å². The van der Waals surface area contributed by atoms with Crippen LogP contribution in [0.4, 0.5) is 11.4 Å². The van der Waals surface area contributed by atoms with E-state index in [0.29, 0.717) is 23.1 Å². The summed E-state index contributed by atoms with van der Waals surface area (Å²) in [6.07, 6.45) is 0. The number of thiocarbonyl (C=S) groups is 1. The summed E-state index contributed by atoms with van der Waals surface area (Å²) >= 11 is 5.50. The molecule has 2 rings (SSSR count). The van der Waals surface area contributed by atoms with Crippen LogP contribution in [-0.2, 0) is 4.79 Å². The number of methoxy groups -OCH3 is 1. The molecule has 0 fully saturated rings. The third-order valence-electron chi connectivity index (χ3n) is 4.02. The number of rotatable bonds is 6. The fraction of sp³-hybridized carbons (Fsp3) is 0.300. The number of ether oxygens (including phenoxy) is 1. The van der Waals surface area contributed by atoms with Crippen molar-refractivity contribution in [1.82, 2.24) is 4.90 Å². The molecule has 5 nitrogen and oxygen atoms in total. The first kappa shape index (κ1) is 19.7. The zero-order chi connectivity index (χ0) is 19.1. The SMILES string of the molecule is CCN(CC(=O)Nc1ccccc1OC)C(=S)Nc1cc(C)ccc1C. The molecule has 0 radical (unpaired) electrons. The number of carbonyl (C=O) groups excluding carboxylic acids is 1. The van der Waals surface area contributed by atoms with Gasteiger partial charge in [-0.2, -0.15) is 0 Å². The van der Waals surface area contributed by atoms with Gasteiger partial charge in [0.05, 0.1) is 19.3 Å². The van der Waals surface area contributed by atoms with Crippen molar-refractivity contribution in [3.63, 3.8) is 0 Å². The van der Waals surface area contributed by atoms with E-state index in [4.69, 9.17) is 17.0 Å². The highest BCUT2D eigenvalue weighted by molar-refractivity contribution is 7.80. The normalized spacial score (nSPS) is 10.2. The van der Waals surface area contributed by atoms with Crippen LogP contribution in [0.15, 0.2) is 42.5 Å². The Morgan fingerprint density at radius 3 is 2.54 bits per heavy atom. The summed E-state index contributed by atoms with van der Waals surface area (Å²) in [5.74, 6) is 0.474. The van der Waals surface area contributed by atoms with Gasteiger partial charge in [-0.1, -0.05) is 24.3 Å². The number of benzene rings is 2. The molecule has 0 bridgehead atoms. The number of amides is 1. The molecule has 1 amide bonds. The minimum Gasteiger partial charge on any atom is -0.495 e. The molecule has 0 aromatic heterocycles. The second-order valence-corrected chi connectivity index (χ2v) is 6.40. The van der Waals surface area contributed by atoms with Crippen molar-refractivity contribution in [2.24, 2.45) is 0 Å². The van der Waals surface area contributed by atoms with Crippen LogP contribution in [0.3, 0.4) is 0 Å². The largest absolute Gasteiger partial charge is 0.495 e. The summed E-state index contributed by atoms with van der Waals surface area (Å²) in [5.41, 5.74) is 3.85. The van der Waals surface area contributed by atoms with E-state index in [0.717, 1.165) is 16.8 Å². The van der Waals surface area contributed by atoms with Crippen LogP contribution in [0.25, 0.3) is 0 Å². The predicted octanol–water partition coefficient (Wildman–Crippen LogP) is 3.97. The lowest BCUT2D eigenvalue weighted by atomic mass is 10.1. The van der Waals surface area contributed by atoms with E-state index in [1.54, 1.807) is 19.2 Å². The second kappa shape index (κ2) is 9.20. The molecule has 0 saturated carbocycles. The Hall–Kier alpha value is -2.60. The molecule has 2 N–H and O–H groups in total. The Kier molecular flexibility index (Phi) is 6.97. The van der Waals surface area contributed by atoms with Crippen molar-refractivity contribution >= 4 is 34.6 Å². The lowest BCUT2D eigenvalue weighted by Crippen LogP contribution is -2.40. The molecule has 2 aromatic carbocycles. The molecule has 0 aliphatic rings. The molecule has 0 heterocycles. The van der Waals surface area contributed by atoms with Gasteiger partial charge in [0.2, 0.25) is 5.91 Å². The van der Waals surface area contributed by atoms with Crippen LogP contribution >= 0.6 is 12.2 Å². The van der Waals surface area contributed by atoms with E-state index >= 15 is 0 Å². The monoisotopic (exact) mass is 371 g/mol. The molecule has 0 saturated heterocycles. The van der Waals surface area contributed by atoms with Gasteiger partial charge < -0.3 is 20.3 Å². The van der Waals surface area contributed by atoms with E-state index in [-0.39, 0.29) is 12.5 Å². The highest BCUT2D eigenvalue weighted by atomic mass is 32.1. The molecule has 26 heavy (non-hydrogen) atoms. The zero-order valence-corrected chi connectivity index (χ0v) is 16.4. The van der Waals surface area contributed by atoms with Gasteiger partial charge in [-0.25, -0.2) is 0 Å². The summed E-state index contributed by atoms with van der Waals surface area (Å²) in [6, 6.07) is 13.5. The first-order valence-corrected chi connectivity index (χ1v) is 8.91. The molecule has 0 spiro atoms. The van der Waals surface area contributed by atoms with Crippen molar-refractivity contribution in [1.29, 1.82) is 0 Å². The molecule has 6 heteroatoms. The number of hydrogen-bond donors (Lipinski definition) is 2. The minimum absolute atomic E-state index is 0.151.